The van der Waals surface area contributed by atoms with Crippen LogP contribution in [0.2, 0.25) is 0 Å². The minimum absolute atomic E-state index is 0.205. The van der Waals surface area contributed by atoms with E-state index in [1.807, 2.05) is 6.92 Å². The van der Waals surface area contributed by atoms with Gasteiger partial charge in [0.25, 0.3) is 0 Å². The Bertz CT molecular complexity index is 924. The van der Waals surface area contributed by atoms with E-state index in [4.69, 9.17) is 4.74 Å². The molecule has 1 aromatic heterocycles. The van der Waals surface area contributed by atoms with Crippen LogP contribution in [0.3, 0.4) is 0 Å². The van der Waals surface area contributed by atoms with Crippen LogP contribution in [0.1, 0.15) is 49.4 Å². The summed E-state index contributed by atoms with van der Waals surface area (Å²) in [7, 11) is 0. The molecule has 3 rings (SSSR count). The van der Waals surface area contributed by atoms with Crippen molar-refractivity contribution in [2.24, 2.45) is 11.8 Å². The summed E-state index contributed by atoms with van der Waals surface area (Å²) in [4.78, 5) is 37.2. The fourth-order valence-corrected chi connectivity index (χ4v) is 4.67. The van der Waals surface area contributed by atoms with Crippen molar-refractivity contribution in [3.8, 4) is 11.1 Å². The van der Waals surface area contributed by atoms with Crippen LogP contribution < -0.4 is 5.32 Å². The molecule has 2 atom stereocenters. The lowest BCUT2D eigenvalue weighted by atomic mass is 9.79. The van der Waals surface area contributed by atoms with Crippen molar-refractivity contribution < 1.29 is 28.6 Å². The maximum absolute atomic E-state index is 13.3. The molecular formula is C22H24FNO5S. The van der Waals surface area contributed by atoms with Crippen LogP contribution in [-0.4, -0.2) is 29.6 Å². The number of anilines is 1. The third kappa shape index (κ3) is 4.87. The normalized spacial score (nSPS) is 18.6. The van der Waals surface area contributed by atoms with Gasteiger partial charge in [0.2, 0.25) is 5.91 Å². The molecule has 6 nitrogen and oxygen atoms in total. The van der Waals surface area contributed by atoms with Gasteiger partial charge in [-0.15, -0.1) is 11.3 Å². The van der Waals surface area contributed by atoms with E-state index in [0.717, 1.165) is 24.2 Å². The number of nitrogens with one attached hydrogen (secondary N) is 1. The Kier molecular flexibility index (Phi) is 7.20. The molecule has 0 bridgehead atoms. The summed E-state index contributed by atoms with van der Waals surface area (Å²) in [6.45, 7) is 2.11. The first-order chi connectivity index (χ1) is 14.4. The zero-order valence-electron chi connectivity index (χ0n) is 16.7. The van der Waals surface area contributed by atoms with Crippen LogP contribution in [0.5, 0.6) is 0 Å². The second kappa shape index (κ2) is 9.84. The highest BCUT2D eigenvalue weighted by Gasteiger charge is 2.36. The number of esters is 1. The molecule has 2 aromatic rings. The number of rotatable bonds is 7. The third-order valence-corrected chi connectivity index (χ3v) is 6.14. The second-order valence-corrected chi connectivity index (χ2v) is 8.20. The molecule has 8 heteroatoms. The molecule has 160 valence electrons. The molecule has 2 N–H and O–H groups in total. The third-order valence-electron chi connectivity index (χ3n) is 5.24. The second-order valence-electron chi connectivity index (χ2n) is 7.32. The van der Waals surface area contributed by atoms with Crippen molar-refractivity contribution in [3.05, 3.63) is 41.0 Å². The van der Waals surface area contributed by atoms with E-state index < -0.39 is 35.5 Å². The van der Waals surface area contributed by atoms with Gasteiger partial charge in [-0.05, 0) is 37.0 Å². The maximum Gasteiger partial charge on any atom is 0.341 e. The quantitative estimate of drug-likeness (QED) is 0.603. The summed E-state index contributed by atoms with van der Waals surface area (Å²) in [5.41, 5.74) is 1.36. The highest BCUT2D eigenvalue weighted by molar-refractivity contribution is 7.15. The van der Waals surface area contributed by atoms with Gasteiger partial charge in [0, 0.05) is 10.9 Å². The van der Waals surface area contributed by atoms with E-state index >= 15 is 0 Å². The maximum atomic E-state index is 13.3. The van der Waals surface area contributed by atoms with E-state index in [1.54, 1.807) is 17.5 Å². The number of ether oxygens (including phenoxy) is 1. The Labute approximate surface area is 178 Å². The van der Waals surface area contributed by atoms with Crippen LogP contribution in [0.25, 0.3) is 11.1 Å². The highest BCUT2D eigenvalue weighted by atomic mass is 32.1. The SMILES string of the molecule is CCCOC(=O)c1c(-c2ccc(F)cc2)csc1NC(=O)[C@H]1CCCC[C@H]1C(=O)O. The van der Waals surface area contributed by atoms with Crippen molar-refractivity contribution in [1.29, 1.82) is 0 Å². The number of halogens is 1. The number of amides is 1. The molecule has 1 saturated carbocycles. The van der Waals surface area contributed by atoms with Crippen LogP contribution in [0.4, 0.5) is 9.39 Å². The van der Waals surface area contributed by atoms with Crippen LogP contribution in [0, 0.1) is 17.7 Å². The number of thiophene rings is 1. The Balaban J connectivity index is 1.91. The van der Waals surface area contributed by atoms with Crippen molar-refractivity contribution in [2.45, 2.75) is 39.0 Å². The lowest BCUT2D eigenvalue weighted by Gasteiger charge is -2.27. The molecule has 0 radical (unpaired) electrons. The van der Waals surface area contributed by atoms with Gasteiger partial charge in [0.15, 0.2) is 0 Å². The fourth-order valence-electron chi connectivity index (χ4n) is 3.71. The molecule has 0 unspecified atom stereocenters. The van der Waals surface area contributed by atoms with Gasteiger partial charge in [0.05, 0.1) is 18.4 Å². The zero-order valence-corrected chi connectivity index (χ0v) is 17.5. The average Bonchev–Trinajstić information content (AvgIpc) is 3.16. The monoisotopic (exact) mass is 433 g/mol. The summed E-state index contributed by atoms with van der Waals surface area (Å²) in [5, 5.41) is 14.2. The summed E-state index contributed by atoms with van der Waals surface area (Å²) >= 11 is 1.16. The summed E-state index contributed by atoms with van der Waals surface area (Å²) in [6.07, 6.45) is 3.17. The first kappa shape index (κ1) is 22.0. The van der Waals surface area contributed by atoms with Crippen molar-refractivity contribution in [1.82, 2.24) is 0 Å². The predicted octanol–water partition coefficient (Wildman–Crippen LogP) is 4.95. The van der Waals surface area contributed by atoms with Gasteiger partial charge in [-0.1, -0.05) is 31.9 Å². The van der Waals surface area contributed by atoms with Gasteiger partial charge >= 0.3 is 11.9 Å². The molecule has 1 aliphatic carbocycles. The van der Waals surface area contributed by atoms with E-state index in [-0.39, 0.29) is 12.2 Å². The van der Waals surface area contributed by atoms with Crippen LogP contribution >= 0.6 is 11.3 Å². The minimum atomic E-state index is -0.976. The molecule has 0 spiro atoms. The van der Waals surface area contributed by atoms with Gasteiger partial charge in [-0.25, -0.2) is 9.18 Å². The van der Waals surface area contributed by atoms with Crippen LogP contribution in [0.15, 0.2) is 29.6 Å². The van der Waals surface area contributed by atoms with Crippen LogP contribution in [-0.2, 0) is 14.3 Å². The number of carboxylic acids is 1. The molecule has 1 fully saturated rings. The zero-order chi connectivity index (χ0) is 21.7. The number of aliphatic carboxylic acids is 1. The van der Waals surface area contributed by atoms with Gasteiger partial charge in [0.1, 0.15) is 16.4 Å². The number of benzene rings is 1. The molecule has 30 heavy (non-hydrogen) atoms. The lowest BCUT2D eigenvalue weighted by Crippen LogP contribution is -2.36. The fraction of sp³-hybridized carbons (Fsp3) is 0.409. The van der Waals surface area contributed by atoms with E-state index in [0.29, 0.717) is 35.4 Å². The molecule has 0 aliphatic heterocycles. The number of carbonyl (C=O) groups is 3. The van der Waals surface area contributed by atoms with Crippen molar-refractivity contribution >= 4 is 34.2 Å². The summed E-state index contributed by atoms with van der Waals surface area (Å²) in [6, 6.07) is 5.71. The number of carboxylic acid groups (broad SMARTS) is 1. The first-order valence-electron chi connectivity index (χ1n) is 10.0. The predicted molar refractivity (Wildman–Crippen MR) is 112 cm³/mol. The Morgan fingerprint density at radius 1 is 1.17 bits per heavy atom. The standard InChI is InChI=1S/C22H24FNO5S/c1-2-11-29-22(28)18-17(13-7-9-14(23)10-8-13)12-30-20(18)24-19(25)15-5-3-4-6-16(15)21(26)27/h7-10,12,15-16H,2-6,11H2,1H3,(H,24,25)(H,26,27)/t15-,16+/m0/s1. The van der Waals surface area contributed by atoms with Crippen molar-refractivity contribution in [3.63, 3.8) is 0 Å². The van der Waals surface area contributed by atoms with Gasteiger partial charge < -0.3 is 15.2 Å². The summed E-state index contributed by atoms with van der Waals surface area (Å²) in [5.74, 6) is -3.73. The minimum Gasteiger partial charge on any atom is -0.481 e. The lowest BCUT2D eigenvalue weighted by molar-refractivity contribution is -0.147. The first-order valence-corrected chi connectivity index (χ1v) is 10.9. The Morgan fingerprint density at radius 3 is 2.47 bits per heavy atom. The number of hydrogen-bond acceptors (Lipinski definition) is 5. The smallest absolute Gasteiger partial charge is 0.341 e. The number of hydrogen-bond donors (Lipinski definition) is 2. The van der Waals surface area contributed by atoms with E-state index in [2.05, 4.69) is 5.32 Å². The largest absolute Gasteiger partial charge is 0.481 e. The van der Waals surface area contributed by atoms with E-state index in [9.17, 15) is 23.9 Å². The topological polar surface area (TPSA) is 92.7 Å². The summed E-state index contributed by atoms with van der Waals surface area (Å²) < 4.78 is 18.6. The Morgan fingerprint density at radius 2 is 1.83 bits per heavy atom. The molecule has 1 amide bonds. The van der Waals surface area contributed by atoms with E-state index in [1.165, 1.54) is 12.1 Å². The van der Waals surface area contributed by atoms with Gasteiger partial charge in [-0.3, -0.25) is 9.59 Å². The molecule has 1 aliphatic rings. The molecular weight excluding hydrogens is 409 g/mol. The molecule has 1 aromatic carbocycles. The van der Waals surface area contributed by atoms with Gasteiger partial charge in [-0.2, -0.15) is 0 Å². The Hall–Kier alpha value is -2.74. The highest BCUT2D eigenvalue weighted by Crippen LogP contribution is 2.38. The molecule has 1 heterocycles. The molecule has 0 saturated heterocycles. The average molecular weight is 434 g/mol. The number of carbonyl (C=O) groups excluding carboxylic acids is 2. The van der Waals surface area contributed by atoms with Crippen molar-refractivity contribution in [2.75, 3.05) is 11.9 Å².